The van der Waals surface area contributed by atoms with Crippen molar-refractivity contribution in [2.45, 2.75) is 27.7 Å². The average molecular weight is 169 g/mol. The van der Waals surface area contributed by atoms with Gasteiger partial charge in [-0.3, -0.25) is 0 Å². The monoisotopic (exact) mass is 169 g/mol. The summed E-state index contributed by atoms with van der Waals surface area (Å²) in [4.78, 5) is 7.00. The fourth-order valence-corrected chi connectivity index (χ4v) is 0.835. The molecule has 1 heterocycles. The zero-order valence-electron chi connectivity index (χ0n) is 8.23. The Kier molecular flexibility index (Phi) is 4.11. The highest BCUT2D eigenvalue weighted by Gasteiger charge is 2.02. The van der Waals surface area contributed by atoms with E-state index in [4.69, 9.17) is 5.73 Å². The Hall–Kier alpha value is -1.25. The molecule has 0 aliphatic heterocycles. The van der Waals surface area contributed by atoms with Gasteiger partial charge in [-0.15, -0.1) is 0 Å². The molecular formula is C9H19N3. The van der Waals surface area contributed by atoms with Gasteiger partial charge in [0, 0.05) is 1.43 Å². The van der Waals surface area contributed by atoms with Gasteiger partial charge in [0.25, 0.3) is 0 Å². The van der Waals surface area contributed by atoms with Crippen molar-refractivity contribution in [2.75, 3.05) is 5.73 Å². The Morgan fingerprint density at radius 1 is 1.58 bits per heavy atom. The largest absolute Gasteiger partial charge is 0.382 e. The van der Waals surface area contributed by atoms with Crippen molar-refractivity contribution in [1.82, 2.24) is 9.97 Å². The van der Waals surface area contributed by atoms with Crippen molar-refractivity contribution in [3.63, 3.8) is 0 Å². The molecule has 0 aliphatic carbocycles. The fourth-order valence-electron chi connectivity index (χ4n) is 0.835. The number of imidazole rings is 1. The molecule has 0 aromatic carbocycles. The molecule has 12 heavy (non-hydrogen) atoms. The molecule has 0 fully saturated rings. The first kappa shape index (κ1) is 10.8. The number of hydrogen-bond acceptors (Lipinski definition) is 2. The average Bonchev–Trinajstić information content (AvgIpc) is 2.34. The van der Waals surface area contributed by atoms with Gasteiger partial charge in [-0.05, 0) is 19.4 Å². The van der Waals surface area contributed by atoms with E-state index in [0.29, 0.717) is 5.82 Å². The van der Waals surface area contributed by atoms with Gasteiger partial charge in [0.05, 0.1) is 5.69 Å². The summed E-state index contributed by atoms with van der Waals surface area (Å²) in [6, 6.07) is 0. The molecule has 3 N–H and O–H groups in total. The van der Waals surface area contributed by atoms with E-state index in [2.05, 4.69) is 16.5 Å². The number of aryl methyl sites for hydroxylation is 1. The number of nitrogens with zero attached hydrogens (tertiary/aromatic N) is 1. The Morgan fingerprint density at radius 3 is 2.25 bits per heavy atom. The van der Waals surface area contributed by atoms with Crippen LogP contribution in [0.1, 0.15) is 33.7 Å². The van der Waals surface area contributed by atoms with E-state index in [1.54, 1.807) is 0 Å². The van der Waals surface area contributed by atoms with Crippen LogP contribution in [0.4, 0.5) is 5.82 Å². The highest BCUT2D eigenvalue weighted by molar-refractivity contribution is 5.66. The molecule has 0 atom stereocenters. The number of rotatable bonds is 1. The maximum atomic E-state index is 5.54. The summed E-state index contributed by atoms with van der Waals surface area (Å²) in [5.41, 5.74) is 7.30. The molecule has 0 unspecified atom stereocenters. The van der Waals surface area contributed by atoms with Gasteiger partial charge in [-0.1, -0.05) is 20.4 Å². The molecule has 0 amide bonds. The number of nitrogen functional groups attached to an aromatic ring is 1. The molecule has 0 aliphatic rings. The molecule has 0 bridgehead atoms. The highest BCUT2D eigenvalue weighted by Crippen LogP contribution is 2.15. The smallest absolute Gasteiger partial charge is 0.149 e. The molecule has 0 spiro atoms. The third-order valence-corrected chi connectivity index (χ3v) is 1.28. The molecule has 1 aromatic rings. The summed E-state index contributed by atoms with van der Waals surface area (Å²) in [5.74, 6) is 1.36. The second kappa shape index (κ2) is 4.59. The van der Waals surface area contributed by atoms with Gasteiger partial charge in [0.2, 0.25) is 0 Å². The lowest BCUT2D eigenvalue weighted by atomic mass is 10.2. The van der Waals surface area contributed by atoms with Gasteiger partial charge in [-0.25, -0.2) is 4.98 Å². The normalized spacial score (nSPS) is 8.67. The molecule has 0 saturated heterocycles. The van der Waals surface area contributed by atoms with Crippen LogP contribution >= 0.6 is 0 Å². The third-order valence-electron chi connectivity index (χ3n) is 1.28. The summed E-state index contributed by atoms with van der Waals surface area (Å²) < 4.78 is 0. The Balaban J connectivity index is 0. The zero-order valence-corrected chi connectivity index (χ0v) is 8.23. The quantitative estimate of drug-likeness (QED) is 0.679. The lowest BCUT2D eigenvalue weighted by Gasteiger charge is -1.92. The number of H-pyrrole nitrogens is 1. The molecule has 70 valence electrons. The number of aromatic amines is 1. The predicted molar refractivity (Wildman–Crippen MR) is 55.9 cm³/mol. The Bertz CT molecular complexity index is 266. The summed E-state index contributed by atoms with van der Waals surface area (Å²) >= 11 is 0. The molecule has 3 heteroatoms. The van der Waals surface area contributed by atoms with Crippen LogP contribution in [0.15, 0.2) is 6.58 Å². The Labute approximate surface area is 75.2 Å². The van der Waals surface area contributed by atoms with E-state index in [1.807, 2.05) is 27.7 Å². The lowest BCUT2D eigenvalue weighted by Crippen LogP contribution is -1.88. The summed E-state index contributed by atoms with van der Waals surface area (Å²) in [7, 11) is 0. The fraction of sp³-hybridized carbons (Fsp3) is 0.444. The van der Waals surface area contributed by atoms with Crippen LogP contribution in [0.25, 0.3) is 5.57 Å². The second-order valence-corrected chi connectivity index (χ2v) is 2.36. The topological polar surface area (TPSA) is 54.7 Å². The van der Waals surface area contributed by atoms with Crippen LogP contribution in [0.3, 0.4) is 0 Å². The lowest BCUT2D eigenvalue weighted by molar-refractivity contribution is 1.14. The van der Waals surface area contributed by atoms with E-state index in [9.17, 15) is 0 Å². The molecule has 0 saturated carbocycles. The standard InChI is InChI=1S/C7H11N3.C2H6.H2/c1-4(2)6-7(8)10-5(3)9-6;1-2;/h1,8H2,2-3H3,(H,9,10);1-2H3;1H. The van der Waals surface area contributed by atoms with Gasteiger partial charge >= 0.3 is 0 Å². The highest BCUT2D eigenvalue weighted by atomic mass is 15.0. The molecule has 0 radical (unpaired) electrons. The van der Waals surface area contributed by atoms with E-state index in [0.717, 1.165) is 17.1 Å². The van der Waals surface area contributed by atoms with Crippen LogP contribution in [0.2, 0.25) is 0 Å². The maximum Gasteiger partial charge on any atom is 0.149 e. The third kappa shape index (κ3) is 2.42. The van der Waals surface area contributed by atoms with E-state index in [-0.39, 0.29) is 1.43 Å². The molecular weight excluding hydrogens is 150 g/mol. The van der Waals surface area contributed by atoms with Crippen LogP contribution in [-0.2, 0) is 0 Å². The van der Waals surface area contributed by atoms with E-state index in [1.165, 1.54) is 0 Å². The summed E-state index contributed by atoms with van der Waals surface area (Å²) in [5, 5.41) is 0. The molecule has 1 aromatic heterocycles. The van der Waals surface area contributed by atoms with Gasteiger partial charge in [0.1, 0.15) is 11.6 Å². The van der Waals surface area contributed by atoms with Crippen LogP contribution < -0.4 is 5.73 Å². The van der Waals surface area contributed by atoms with E-state index < -0.39 is 0 Å². The Morgan fingerprint density at radius 2 is 2.08 bits per heavy atom. The summed E-state index contributed by atoms with van der Waals surface area (Å²) in [6.45, 7) is 11.5. The van der Waals surface area contributed by atoms with Crippen molar-refractivity contribution in [3.05, 3.63) is 18.1 Å². The number of anilines is 1. The van der Waals surface area contributed by atoms with Crippen molar-refractivity contribution < 1.29 is 1.43 Å². The first-order valence-corrected chi connectivity index (χ1v) is 4.09. The number of hydrogen-bond donors (Lipinski definition) is 2. The first-order valence-electron chi connectivity index (χ1n) is 4.09. The molecule has 3 nitrogen and oxygen atoms in total. The van der Waals surface area contributed by atoms with E-state index >= 15 is 0 Å². The number of allylic oxidation sites excluding steroid dienone is 1. The van der Waals surface area contributed by atoms with Crippen molar-refractivity contribution >= 4 is 11.4 Å². The number of nitrogens with one attached hydrogen (secondary N) is 1. The SMILES string of the molecule is C=C(C)c1[nH]c(C)nc1N.CC.[HH]. The van der Waals surface area contributed by atoms with Crippen LogP contribution in [0.5, 0.6) is 0 Å². The van der Waals surface area contributed by atoms with Crippen molar-refractivity contribution in [2.24, 2.45) is 0 Å². The van der Waals surface area contributed by atoms with Crippen LogP contribution in [-0.4, -0.2) is 9.97 Å². The second-order valence-electron chi connectivity index (χ2n) is 2.36. The van der Waals surface area contributed by atoms with Gasteiger partial charge in [-0.2, -0.15) is 0 Å². The predicted octanol–water partition coefficient (Wildman–Crippen LogP) is 2.61. The minimum atomic E-state index is 0. The van der Waals surface area contributed by atoms with Crippen molar-refractivity contribution in [3.8, 4) is 0 Å². The first-order chi connectivity index (χ1) is 5.61. The zero-order chi connectivity index (χ0) is 9.72. The minimum absolute atomic E-state index is 0. The van der Waals surface area contributed by atoms with Gasteiger partial charge in [0.15, 0.2) is 0 Å². The number of aromatic nitrogens is 2. The summed E-state index contributed by atoms with van der Waals surface area (Å²) in [6.07, 6.45) is 0. The van der Waals surface area contributed by atoms with Gasteiger partial charge < -0.3 is 10.7 Å². The van der Waals surface area contributed by atoms with Crippen LogP contribution in [0, 0.1) is 6.92 Å². The van der Waals surface area contributed by atoms with Crippen molar-refractivity contribution in [1.29, 1.82) is 0 Å². The minimum Gasteiger partial charge on any atom is -0.382 e. The number of nitrogens with two attached hydrogens (primary N) is 1. The molecule has 1 rings (SSSR count). The maximum absolute atomic E-state index is 5.54.